The lowest BCUT2D eigenvalue weighted by atomic mass is 10.0. The average molecular weight is 476 g/mol. The van der Waals surface area contributed by atoms with Crippen molar-refractivity contribution < 1.29 is 27.1 Å². The number of carbonyl (C=O) groups is 1. The lowest BCUT2D eigenvalue weighted by molar-refractivity contribution is -0.141. The van der Waals surface area contributed by atoms with Gasteiger partial charge in [0.05, 0.1) is 30.3 Å². The molecule has 1 unspecified atom stereocenters. The number of amides is 1. The van der Waals surface area contributed by atoms with Crippen LogP contribution >= 0.6 is 0 Å². The maximum atomic E-state index is 14.9. The highest BCUT2D eigenvalue weighted by Crippen LogP contribution is 2.38. The molecule has 180 valence electrons. The summed E-state index contributed by atoms with van der Waals surface area (Å²) in [6.07, 6.45) is -3.83. The molecule has 1 aliphatic carbocycles. The summed E-state index contributed by atoms with van der Waals surface area (Å²) in [6, 6.07) is 4.38. The zero-order valence-electron chi connectivity index (χ0n) is 19.0. The van der Waals surface area contributed by atoms with E-state index < -0.39 is 29.6 Å². The Balaban J connectivity index is 0.00000133. The molecule has 3 aromatic rings. The Morgan fingerprint density at radius 3 is 2.56 bits per heavy atom. The Morgan fingerprint density at radius 1 is 1.15 bits per heavy atom. The van der Waals surface area contributed by atoms with Gasteiger partial charge in [0.2, 0.25) is 0 Å². The van der Waals surface area contributed by atoms with Gasteiger partial charge in [-0.1, -0.05) is 19.9 Å². The van der Waals surface area contributed by atoms with Gasteiger partial charge in [-0.05, 0) is 36.1 Å². The fourth-order valence-corrected chi connectivity index (χ4v) is 4.49. The molecule has 0 saturated carbocycles. The van der Waals surface area contributed by atoms with Gasteiger partial charge in [-0.2, -0.15) is 13.2 Å². The molecule has 2 aromatic heterocycles. The second-order valence-corrected chi connectivity index (χ2v) is 8.00. The maximum absolute atomic E-state index is 14.9. The van der Waals surface area contributed by atoms with E-state index in [1.54, 1.807) is 0 Å². The molecule has 6 nitrogen and oxygen atoms in total. The van der Waals surface area contributed by atoms with Crippen molar-refractivity contribution in [1.82, 2.24) is 14.9 Å². The normalized spacial score (nSPS) is 16.6. The van der Waals surface area contributed by atoms with Gasteiger partial charge in [0.15, 0.2) is 0 Å². The van der Waals surface area contributed by atoms with Crippen molar-refractivity contribution >= 4 is 22.6 Å². The monoisotopic (exact) mass is 476 g/mol. The third kappa shape index (κ3) is 3.96. The number of aryl methyl sites for hydroxylation is 1. The fourth-order valence-electron chi connectivity index (χ4n) is 4.49. The Hall–Kier alpha value is -3.27. The first-order chi connectivity index (χ1) is 16.1. The summed E-state index contributed by atoms with van der Waals surface area (Å²) in [6.45, 7) is 4.59. The van der Waals surface area contributed by atoms with Crippen LogP contribution in [-0.2, 0) is 30.5 Å². The Kier molecular flexibility index (Phi) is 6.20. The van der Waals surface area contributed by atoms with Gasteiger partial charge in [0.25, 0.3) is 5.91 Å². The van der Waals surface area contributed by atoms with Crippen LogP contribution in [0.4, 0.5) is 23.4 Å². The van der Waals surface area contributed by atoms with Crippen LogP contribution in [0.15, 0.2) is 24.3 Å². The fraction of sp³-hybridized carbons (Fsp3) is 0.375. The van der Waals surface area contributed by atoms with Gasteiger partial charge < -0.3 is 15.4 Å². The predicted molar refractivity (Wildman–Crippen MR) is 118 cm³/mol. The molecule has 1 amide bonds. The van der Waals surface area contributed by atoms with Gasteiger partial charge in [0, 0.05) is 29.8 Å². The molecule has 3 heterocycles. The first-order valence-corrected chi connectivity index (χ1v) is 11.0. The number of nitrogens with zero attached hydrogens (tertiary/aromatic N) is 3. The third-order valence-electron chi connectivity index (χ3n) is 6.15. The third-order valence-corrected chi connectivity index (χ3v) is 6.15. The first-order valence-electron chi connectivity index (χ1n) is 11.0. The first kappa shape index (κ1) is 23.9. The molecule has 2 N–H and O–H groups in total. The number of nitrogens with two attached hydrogens (primary N) is 1. The van der Waals surface area contributed by atoms with E-state index in [1.807, 2.05) is 13.8 Å². The lowest BCUT2D eigenvalue weighted by Gasteiger charge is -2.26. The molecule has 1 atom stereocenters. The van der Waals surface area contributed by atoms with Crippen molar-refractivity contribution in [3.8, 4) is 0 Å². The number of halogens is 4. The highest BCUT2D eigenvalue weighted by atomic mass is 19.4. The van der Waals surface area contributed by atoms with Crippen LogP contribution < -0.4 is 5.73 Å². The van der Waals surface area contributed by atoms with Crippen LogP contribution in [0.5, 0.6) is 0 Å². The van der Waals surface area contributed by atoms with Crippen LogP contribution in [0.25, 0.3) is 10.9 Å². The Bertz CT molecular complexity index is 1280. The summed E-state index contributed by atoms with van der Waals surface area (Å²) in [5.41, 5.74) is 7.51. The van der Waals surface area contributed by atoms with Crippen molar-refractivity contribution in [3.05, 3.63) is 63.7 Å². The van der Waals surface area contributed by atoms with E-state index >= 15 is 0 Å². The van der Waals surface area contributed by atoms with Crippen molar-refractivity contribution in [3.63, 3.8) is 0 Å². The van der Waals surface area contributed by atoms with Crippen LogP contribution in [0.2, 0.25) is 0 Å². The zero-order chi connectivity index (χ0) is 24.8. The van der Waals surface area contributed by atoms with Gasteiger partial charge in [0.1, 0.15) is 17.3 Å². The average Bonchev–Trinajstić information content (AvgIpc) is 3.46. The molecule has 5 rings (SSSR count). The topological polar surface area (TPSA) is 81.3 Å². The predicted octanol–water partition coefficient (Wildman–Crippen LogP) is 5.19. The standard InChI is InChI=1S/C22H18F4N4O2.C2H6/c1-30(18-4-3-16-10(18)2-5-19(28-16)22(24,25)26)21(31)12-6-11-13-8-32-9-14(13)20(27)29-17(11)7-15(12)23;1-2/h2,5-7,18H,3-4,8-9H2,1H3,(H2,27,29);1-2H3. The van der Waals surface area contributed by atoms with Crippen LogP contribution in [0.3, 0.4) is 0 Å². The van der Waals surface area contributed by atoms with E-state index in [0.717, 1.165) is 17.2 Å². The summed E-state index contributed by atoms with van der Waals surface area (Å²) in [7, 11) is 1.51. The minimum atomic E-state index is -4.54. The van der Waals surface area contributed by atoms with Crippen LogP contribution in [0.1, 0.15) is 64.7 Å². The number of ether oxygens (including phenoxy) is 1. The number of nitrogen functional groups attached to an aromatic ring is 1. The number of aromatic nitrogens is 2. The minimum absolute atomic E-state index is 0.144. The number of anilines is 1. The Morgan fingerprint density at radius 2 is 1.85 bits per heavy atom. The summed E-state index contributed by atoms with van der Waals surface area (Å²) in [5, 5.41) is 0.591. The second kappa shape index (κ2) is 8.83. The largest absolute Gasteiger partial charge is 0.433 e. The smallest absolute Gasteiger partial charge is 0.383 e. The van der Waals surface area contributed by atoms with E-state index in [1.165, 1.54) is 30.1 Å². The van der Waals surface area contributed by atoms with Crippen molar-refractivity contribution in [2.75, 3.05) is 12.8 Å². The summed E-state index contributed by atoms with van der Waals surface area (Å²) < 4.78 is 59.2. The van der Waals surface area contributed by atoms with E-state index in [4.69, 9.17) is 10.5 Å². The molecule has 10 heteroatoms. The highest BCUT2D eigenvalue weighted by molar-refractivity contribution is 5.99. The molecule has 2 aliphatic rings. The highest BCUT2D eigenvalue weighted by Gasteiger charge is 2.36. The lowest BCUT2D eigenvalue weighted by Crippen LogP contribution is -2.31. The molecule has 0 fully saturated rings. The Labute approximate surface area is 193 Å². The van der Waals surface area contributed by atoms with Crippen LogP contribution in [0, 0.1) is 5.82 Å². The van der Waals surface area contributed by atoms with E-state index in [-0.39, 0.29) is 18.0 Å². The number of fused-ring (bicyclic) bond motifs is 4. The molecule has 1 aromatic carbocycles. The maximum Gasteiger partial charge on any atom is 0.433 e. The van der Waals surface area contributed by atoms with Gasteiger partial charge >= 0.3 is 6.18 Å². The molecular weight excluding hydrogens is 452 g/mol. The molecule has 0 spiro atoms. The van der Waals surface area contributed by atoms with Crippen LogP contribution in [-0.4, -0.2) is 27.8 Å². The van der Waals surface area contributed by atoms with E-state index in [9.17, 15) is 22.4 Å². The number of carbonyl (C=O) groups excluding carboxylic acids is 1. The minimum Gasteiger partial charge on any atom is -0.383 e. The number of benzene rings is 1. The number of hydrogen-bond donors (Lipinski definition) is 1. The van der Waals surface area contributed by atoms with E-state index in [2.05, 4.69) is 9.97 Å². The van der Waals surface area contributed by atoms with Crippen molar-refractivity contribution in [2.24, 2.45) is 0 Å². The summed E-state index contributed by atoms with van der Waals surface area (Å²) in [5.74, 6) is -1.05. The SMILES string of the molecule is CC.CN(C(=O)c1cc2c3c(c(N)nc2cc1F)COC3)C1CCc2nc(C(F)(F)F)ccc21. The van der Waals surface area contributed by atoms with Crippen molar-refractivity contribution in [2.45, 2.75) is 52.1 Å². The summed E-state index contributed by atoms with van der Waals surface area (Å²) in [4.78, 5) is 22.5. The number of hydrogen-bond acceptors (Lipinski definition) is 5. The molecular formula is C24H24F4N4O2. The summed E-state index contributed by atoms with van der Waals surface area (Å²) >= 11 is 0. The molecule has 0 radical (unpaired) electrons. The number of rotatable bonds is 2. The quantitative estimate of drug-likeness (QED) is 0.515. The number of pyridine rings is 2. The molecule has 1 aliphatic heterocycles. The van der Waals surface area contributed by atoms with Gasteiger partial charge in [-0.15, -0.1) is 0 Å². The van der Waals surface area contributed by atoms with Crippen molar-refractivity contribution in [1.29, 1.82) is 0 Å². The van der Waals surface area contributed by atoms with Gasteiger partial charge in [-0.3, -0.25) is 4.79 Å². The molecule has 34 heavy (non-hydrogen) atoms. The van der Waals surface area contributed by atoms with E-state index in [0.29, 0.717) is 41.6 Å². The molecule has 0 bridgehead atoms. The van der Waals surface area contributed by atoms with Gasteiger partial charge in [-0.25, -0.2) is 14.4 Å². The second-order valence-electron chi connectivity index (χ2n) is 8.00. The number of alkyl halides is 3. The molecule has 0 saturated heterocycles. The zero-order valence-corrected chi connectivity index (χ0v) is 19.0.